The van der Waals surface area contributed by atoms with Gasteiger partial charge in [-0.2, -0.15) is 0 Å². The summed E-state index contributed by atoms with van der Waals surface area (Å²) < 4.78 is 5.20. The highest BCUT2D eigenvalue weighted by Crippen LogP contribution is 2.30. The lowest BCUT2D eigenvalue weighted by Gasteiger charge is -2.10. The number of rotatable bonds is 6. The van der Waals surface area contributed by atoms with Gasteiger partial charge in [-0.05, 0) is 49.4 Å². The van der Waals surface area contributed by atoms with E-state index in [0.29, 0.717) is 21.7 Å². The molecule has 0 spiro atoms. The van der Waals surface area contributed by atoms with Crippen molar-refractivity contribution < 1.29 is 19.1 Å². The second-order valence-electron chi connectivity index (χ2n) is 7.13. The number of ketones is 1. The fourth-order valence-electron chi connectivity index (χ4n) is 3.51. The standard InChI is InChI=1S/C24H21NO4S/c26-22(15-29-24(28)21-14-17-10-4-7-13-20(17)30-21)25-19-12-6-5-11-18(19)23(27)16-8-2-1-3-9-16/h1-3,5-6,8-9,11-12,14H,4,7,10,13,15H2,(H,25,26). The van der Waals surface area contributed by atoms with Crippen molar-refractivity contribution in [3.8, 4) is 0 Å². The molecule has 1 aliphatic rings. The molecular formula is C24H21NO4S. The Morgan fingerprint density at radius 3 is 2.47 bits per heavy atom. The van der Waals surface area contributed by atoms with Gasteiger partial charge in [-0.1, -0.05) is 42.5 Å². The largest absolute Gasteiger partial charge is 0.451 e. The van der Waals surface area contributed by atoms with Crippen LogP contribution >= 0.6 is 11.3 Å². The van der Waals surface area contributed by atoms with E-state index in [1.165, 1.54) is 21.8 Å². The van der Waals surface area contributed by atoms with E-state index in [4.69, 9.17) is 4.74 Å². The van der Waals surface area contributed by atoms with Crippen molar-refractivity contribution in [3.63, 3.8) is 0 Å². The van der Waals surface area contributed by atoms with E-state index in [0.717, 1.165) is 25.7 Å². The molecule has 0 bridgehead atoms. The summed E-state index contributed by atoms with van der Waals surface area (Å²) in [4.78, 5) is 39.2. The third kappa shape index (κ3) is 4.49. The van der Waals surface area contributed by atoms with Crippen LogP contribution in [0.4, 0.5) is 5.69 Å². The Labute approximate surface area is 178 Å². The zero-order valence-corrected chi connectivity index (χ0v) is 17.2. The summed E-state index contributed by atoms with van der Waals surface area (Å²) in [6.45, 7) is -0.407. The number of thiophene rings is 1. The quantitative estimate of drug-likeness (QED) is 0.466. The molecule has 4 rings (SSSR count). The second-order valence-corrected chi connectivity index (χ2v) is 8.27. The normalized spacial score (nSPS) is 12.7. The molecule has 0 unspecified atom stereocenters. The van der Waals surface area contributed by atoms with Crippen molar-refractivity contribution in [3.05, 3.63) is 87.1 Å². The Kier molecular flexibility index (Phi) is 6.05. The van der Waals surface area contributed by atoms with E-state index in [1.807, 2.05) is 12.1 Å². The average Bonchev–Trinajstić information content (AvgIpc) is 3.22. The number of esters is 1. The number of anilines is 1. The van der Waals surface area contributed by atoms with E-state index in [9.17, 15) is 14.4 Å². The predicted octanol–water partition coefficient (Wildman–Crippen LogP) is 4.65. The fraction of sp³-hybridized carbons (Fsp3) is 0.208. The molecule has 1 aliphatic carbocycles. The Bertz CT molecular complexity index is 1060. The van der Waals surface area contributed by atoms with Crippen molar-refractivity contribution in [2.24, 2.45) is 0 Å². The summed E-state index contributed by atoms with van der Waals surface area (Å²) in [6.07, 6.45) is 4.28. The lowest BCUT2D eigenvalue weighted by atomic mass is 9.99. The van der Waals surface area contributed by atoms with Crippen LogP contribution < -0.4 is 5.32 Å². The van der Waals surface area contributed by atoms with Crippen LogP contribution in [0, 0.1) is 0 Å². The van der Waals surface area contributed by atoms with Crippen LogP contribution in [0.3, 0.4) is 0 Å². The topological polar surface area (TPSA) is 72.5 Å². The molecule has 1 aromatic heterocycles. The molecule has 1 N–H and O–H groups in total. The van der Waals surface area contributed by atoms with Gasteiger partial charge in [-0.15, -0.1) is 11.3 Å². The van der Waals surface area contributed by atoms with Gasteiger partial charge in [-0.25, -0.2) is 4.79 Å². The molecular weight excluding hydrogens is 398 g/mol. The molecule has 1 amide bonds. The molecule has 0 saturated heterocycles. The molecule has 0 saturated carbocycles. The molecule has 0 atom stereocenters. The van der Waals surface area contributed by atoms with Crippen molar-refractivity contribution >= 4 is 34.7 Å². The van der Waals surface area contributed by atoms with Gasteiger partial charge in [0.2, 0.25) is 0 Å². The highest BCUT2D eigenvalue weighted by Gasteiger charge is 2.20. The number of benzene rings is 2. The first kappa shape index (κ1) is 20.0. The molecule has 30 heavy (non-hydrogen) atoms. The first-order chi connectivity index (χ1) is 14.6. The van der Waals surface area contributed by atoms with Gasteiger partial charge < -0.3 is 10.1 Å². The van der Waals surface area contributed by atoms with Crippen LogP contribution in [0.25, 0.3) is 0 Å². The molecule has 0 radical (unpaired) electrons. The summed E-state index contributed by atoms with van der Waals surface area (Å²) in [5.41, 5.74) is 2.52. The highest BCUT2D eigenvalue weighted by atomic mass is 32.1. The molecule has 3 aromatic rings. The number of hydrogen-bond donors (Lipinski definition) is 1. The summed E-state index contributed by atoms with van der Waals surface area (Å²) in [7, 11) is 0. The Hall–Kier alpha value is -3.25. The number of aryl methyl sites for hydroxylation is 2. The molecule has 5 nitrogen and oxygen atoms in total. The first-order valence-corrected chi connectivity index (χ1v) is 10.7. The van der Waals surface area contributed by atoms with E-state index in [2.05, 4.69) is 5.32 Å². The molecule has 2 aromatic carbocycles. The lowest BCUT2D eigenvalue weighted by molar-refractivity contribution is -0.119. The van der Waals surface area contributed by atoms with Crippen molar-refractivity contribution in [1.29, 1.82) is 0 Å². The average molecular weight is 420 g/mol. The van der Waals surface area contributed by atoms with Gasteiger partial charge >= 0.3 is 5.97 Å². The molecule has 0 fully saturated rings. The number of carbonyl (C=O) groups is 3. The Morgan fingerprint density at radius 1 is 0.933 bits per heavy atom. The smallest absolute Gasteiger partial charge is 0.348 e. The number of para-hydroxylation sites is 1. The third-order valence-electron chi connectivity index (χ3n) is 5.01. The highest BCUT2D eigenvalue weighted by molar-refractivity contribution is 7.14. The van der Waals surface area contributed by atoms with Crippen molar-refractivity contribution in [1.82, 2.24) is 0 Å². The maximum atomic E-state index is 12.8. The van der Waals surface area contributed by atoms with Gasteiger partial charge in [0.15, 0.2) is 12.4 Å². The van der Waals surface area contributed by atoms with Crippen LogP contribution in [-0.2, 0) is 22.4 Å². The summed E-state index contributed by atoms with van der Waals surface area (Å²) in [6, 6.07) is 17.5. The second kappa shape index (κ2) is 9.05. The SMILES string of the molecule is O=C(COC(=O)c1cc2c(s1)CCCC2)Nc1ccccc1C(=O)c1ccccc1. The van der Waals surface area contributed by atoms with Crippen LogP contribution in [0.1, 0.15) is 48.9 Å². The van der Waals surface area contributed by atoms with Crippen LogP contribution in [0.2, 0.25) is 0 Å². The van der Waals surface area contributed by atoms with E-state index in [1.54, 1.807) is 48.5 Å². The predicted molar refractivity (Wildman–Crippen MR) is 116 cm³/mol. The number of carbonyl (C=O) groups excluding carboxylic acids is 3. The van der Waals surface area contributed by atoms with Crippen LogP contribution in [0.15, 0.2) is 60.7 Å². The van der Waals surface area contributed by atoms with Gasteiger partial charge in [0.1, 0.15) is 4.88 Å². The van der Waals surface area contributed by atoms with Gasteiger partial charge in [0.25, 0.3) is 5.91 Å². The number of hydrogen-bond acceptors (Lipinski definition) is 5. The van der Waals surface area contributed by atoms with E-state index >= 15 is 0 Å². The minimum absolute atomic E-state index is 0.187. The maximum Gasteiger partial charge on any atom is 0.348 e. The summed E-state index contributed by atoms with van der Waals surface area (Å²) in [5.74, 6) is -1.16. The zero-order chi connectivity index (χ0) is 20.9. The Balaban J connectivity index is 1.39. The summed E-state index contributed by atoms with van der Waals surface area (Å²) >= 11 is 1.45. The van der Waals surface area contributed by atoms with Gasteiger partial charge in [0.05, 0.1) is 5.69 Å². The monoisotopic (exact) mass is 419 g/mol. The first-order valence-electron chi connectivity index (χ1n) is 9.89. The summed E-state index contributed by atoms with van der Waals surface area (Å²) in [5, 5.41) is 2.68. The zero-order valence-electron chi connectivity index (χ0n) is 16.4. The molecule has 152 valence electrons. The lowest BCUT2D eigenvalue weighted by Crippen LogP contribution is -2.22. The molecule has 6 heteroatoms. The number of amides is 1. The van der Waals surface area contributed by atoms with Gasteiger partial charge in [0, 0.05) is 16.0 Å². The maximum absolute atomic E-state index is 12.8. The van der Waals surface area contributed by atoms with Crippen molar-refractivity contribution in [2.45, 2.75) is 25.7 Å². The Morgan fingerprint density at radius 2 is 1.67 bits per heavy atom. The number of nitrogens with one attached hydrogen (secondary N) is 1. The van der Waals surface area contributed by atoms with Crippen LogP contribution in [0.5, 0.6) is 0 Å². The molecule has 0 aliphatic heterocycles. The third-order valence-corrected chi connectivity index (χ3v) is 6.23. The van der Waals surface area contributed by atoms with Crippen LogP contribution in [-0.4, -0.2) is 24.3 Å². The van der Waals surface area contributed by atoms with Crippen molar-refractivity contribution in [2.75, 3.05) is 11.9 Å². The molecule has 1 heterocycles. The number of fused-ring (bicyclic) bond motifs is 1. The minimum atomic E-state index is -0.488. The van der Waals surface area contributed by atoms with E-state index in [-0.39, 0.29) is 5.78 Å². The van der Waals surface area contributed by atoms with E-state index < -0.39 is 18.5 Å². The fourth-order valence-corrected chi connectivity index (χ4v) is 4.66. The minimum Gasteiger partial charge on any atom is -0.451 e. The van der Waals surface area contributed by atoms with Gasteiger partial charge in [-0.3, -0.25) is 9.59 Å². The number of ether oxygens (including phenoxy) is 1.